The summed E-state index contributed by atoms with van der Waals surface area (Å²) in [6.45, 7) is 0.634. The monoisotopic (exact) mass is 306 g/mol. The van der Waals surface area contributed by atoms with Gasteiger partial charge in [-0.3, -0.25) is 0 Å². The lowest BCUT2D eigenvalue weighted by molar-refractivity contribution is -0.132. The van der Waals surface area contributed by atoms with E-state index in [1.54, 1.807) is 18.0 Å². The van der Waals surface area contributed by atoms with Crippen LogP contribution in [-0.2, 0) is 6.54 Å². The highest BCUT2D eigenvalue weighted by atomic mass is 35.5. The third kappa shape index (κ3) is 4.87. The number of hydrogen-bond donors (Lipinski definition) is 1. The largest absolute Gasteiger partial charge is 0.390 e. The van der Waals surface area contributed by atoms with E-state index >= 15 is 0 Å². The first-order valence-corrected chi connectivity index (χ1v) is 7.02. The Hall–Kier alpha value is -0.940. The molecule has 2 nitrogen and oxygen atoms in total. The van der Waals surface area contributed by atoms with E-state index in [1.807, 2.05) is 12.1 Å². The van der Waals surface area contributed by atoms with Gasteiger partial charge in [0.15, 0.2) is 0 Å². The first-order chi connectivity index (χ1) is 9.35. The van der Waals surface area contributed by atoms with Crippen molar-refractivity contribution in [2.45, 2.75) is 38.0 Å². The van der Waals surface area contributed by atoms with Gasteiger partial charge >= 0.3 is 6.18 Å². The van der Waals surface area contributed by atoms with Crippen LogP contribution in [0.1, 0.15) is 24.8 Å². The molecule has 1 aliphatic rings. The van der Waals surface area contributed by atoms with Crippen LogP contribution in [0.5, 0.6) is 0 Å². The van der Waals surface area contributed by atoms with Gasteiger partial charge in [0, 0.05) is 36.9 Å². The molecule has 0 heterocycles. The molecular weight excluding hydrogens is 289 g/mol. The van der Waals surface area contributed by atoms with Crippen molar-refractivity contribution in [3.63, 3.8) is 0 Å². The molecule has 0 aliphatic heterocycles. The molecule has 0 atom stereocenters. The molecule has 1 fully saturated rings. The van der Waals surface area contributed by atoms with Gasteiger partial charge in [0.1, 0.15) is 0 Å². The molecule has 1 aliphatic carbocycles. The molecule has 2 rings (SSSR count). The maximum absolute atomic E-state index is 12.2. The van der Waals surface area contributed by atoms with E-state index < -0.39 is 12.6 Å². The number of benzene rings is 1. The Morgan fingerprint density at radius 2 is 2.05 bits per heavy atom. The summed E-state index contributed by atoms with van der Waals surface area (Å²) in [5.41, 5.74) is 1.68. The first-order valence-electron chi connectivity index (χ1n) is 6.65. The molecule has 0 radical (unpaired) electrons. The minimum Gasteiger partial charge on any atom is -0.374 e. The first kappa shape index (κ1) is 15.4. The van der Waals surface area contributed by atoms with E-state index in [9.17, 15) is 13.2 Å². The lowest BCUT2D eigenvalue weighted by atomic mass is 10.2. The fraction of sp³-hybridized carbons (Fsp3) is 0.571. The lowest BCUT2D eigenvalue weighted by Gasteiger charge is -2.21. The van der Waals surface area contributed by atoms with E-state index in [2.05, 4.69) is 5.32 Å². The van der Waals surface area contributed by atoms with Gasteiger partial charge < -0.3 is 10.2 Å². The minimum atomic E-state index is -4.13. The van der Waals surface area contributed by atoms with Crippen LogP contribution in [0.25, 0.3) is 0 Å². The quantitative estimate of drug-likeness (QED) is 0.855. The van der Waals surface area contributed by atoms with Gasteiger partial charge in [0.05, 0.1) is 6.42 Å². The van der Waals surface area contributed by atoms with Crippen molar-refractivity contribution in [3.8, 4) is 0 Å². The highest BCUT2D eigenvalue weighted by Crippen LogP contribution is 2.26. The Balaban J connectivity index is 1.92. The highest BCUT2D eigenvalue weighted by Gasteiger charge is 2.27. The molecule has 1 N–H and O–H groups in total. The van der Waals surface area contributed by atoms with Crippen LogP contribution in [0.3, 0.4) is 0 Å². The van der Waals surface area contributed by atoms with E-state index in [0.717, 1.165) is 5.56 Å². The summed E-state index contributed by atoms with van der Waals surface area (Å²) < 4.78 is 36.6. The predicted molar refractivity (Wildman–Crippen MR) is 75.3 cm³/mol. The summed E-state index contributed by atoms with van der Waals surface area (Å²) in [7, 11) is 1.64. The highest BCUT2D eigenvalue weighted by molar-refractivity contribution is 6.31. The molecule has 0 saturated heterocycles. The summed E-state index contributed by atoms with van der Waals surface area (Å²) in [5.74, 6) is 0. The summed E-state index contributed by atoms with van der Waals surface area (Å²) >= 11 is 6.18. The molecule has 6 heteroatoms. The second-order valence-corrected chi connectivity index (χ2v) is 5.62. The Labute approximate surface area is 121 Å². The zero-order valence-electron chi connectivity index (χ0n) is 11.3. The SMILES string of the molecule is CN(CCC(F)(F)F)c1ccc(CNC2CC2)c(Cl)c1. The molecule has 112 valence electrons. The summed E-state index contributed by atoms with van der Waals surface area (Å²) in [6.07, 6.45) is -2.55. The van der Waals surface area contributed by atoms with Gasteiger partial charge in [-0.15, -0.1) is 0 Å². The van der Waals surface area contributed by atoms with Gasteiger partial charge in [-0.2, -0.15) is 13.2 Å². The molecule has 1 aromatic rings. The van der Waals surface area contributed by atoms with Crippen molar-refractivity contribution in [2.24, 2.45) is 0 Å². The van der Waals surface area contributed by atoms with Crippen LogP contribution in [-0.4, -0.2) is 25.8 Å². The van der Waals surface area contributed by atoms with E-state index in [1.165, 1.54) is 12.8 Å². The Bertz CT molecular complexity index is 458. The number of alkyl halides is 3. The number of nitrogens with zero attached hydrogens (tertiary/aromatic N) is 1. The van der Waals surface area contributed by atoms with Gasteiger partial charge in [0.2, 0.25) is 0 Å². The van der Waals surface area contributed by atoms with Gasteiger partial charge in [-0.05, 0) is 30.5 Å². The third-order valence-corrected chi connectivity index (χ3v) is 3.72. The summed E-state index contributed by atoms with van der Waals surface area (Å²) in [4.78, 5) is 1.57. The maximum Gasteiger partial charge on any atom is 0.390 e. The van der Waals surface area contributed by atoms with Gasteiger partial charge in [-0.25, -0.2) is 0 Å². The van der Waals surface area contributed by atoms with Crippen molar-refractivity contribution < 1.29 is 13.2 Å². The smallest absolute Gasteiger partial charge is 0.374 e. The van der Waals surface area contributed by atoms with Crippen molar-refractivity contribution in [2.75, 3.05) is 18.5 Å². The second-order valence-electron chi connectivity index (χ2n) is 5.22. The fourth-order valence-electron chi connectivity index (χ4n) is 1.88. The molecule has 0 aromatic heterocycles. The molecule has 0 unspecified atom stereocenters. The minimum absolute atomic E-state index is 0.0699. The number of halogens is 4. The predicted octanol–water partition coefficient (Wildman–Crippen LogP) is 3.98. The zero-order valence-corrected chi connectivity index (χ0v) is 12.1. The Morgan fingerprint density at radius 3 is 2.60 bits per heavy atom. The fourth-order valence-corrected chi connectivity index (χ4v) is 2.12. The van der Waals surface area contributed by atoms with Crippen molar-refractivity contribution in [3.05, 3.63) is 28.8 Å². The summed E-state index contributed by atoms with van der Waals surface area (Å²) in [6, 6.07) is 6.01. The normalized spacial score (nSPS) is 15.4. The van der Waals surface area contributed by atoms with E-state index in [0.29, 0.717) is 23.3 Å². The summed E-state index contributed by atoms with van der Waals surface area (Å²) in [5, 5.41) is 3.95. The van der Waals surface area contributed by atoms with E-state index in [-0.39, 0.29) is 6.54 Å². The van der Waals surface area contributed by atoms with Crippen molar-refractivity contribution in [1.29, 1.82) is 0 Å². The van der Waals surface area contributed by atoms with Crippen LogP contribution >= 0.6 is 11.6 Å². The Morgan fingerprint density at radius 1 is 1.35 bits per heavy atom. The topological polar surface area (TPSA) is 15.3 Å². The molecule has 1 saturated carbocycles. The number of hydrogen-bond acceptors (Lipinski definition) is 2. The van der Waals surface area contributed by atoms with Crippen LogP contribution in [0, 0.1) is 0 Å². The van der Waals surface area contributed by atoms with Crippen LogP contribution in [0.15, 0.2) is 18.2 Å². The average molecular weight is 307 g/mol. The zero-order chi connectivity index (χ0) is 14.8. The van der Waals surface area contributed by atoms with Gasteiger partial charge in [-0.1, -0.05) is 17.7 Å². The Kier molecular flexibility index (Phi) is 4.81. The molecule has 20 heavy (non-hydrogen) atoms. The van der Waals surface area contributed by atoms with Crippen LogP contribution in [0.2, 0.25) is 5.02 Å². The van der Waals surface area contributed by atoms with E-state index in [4.69, 9.17) is 11.6 Å². The van der Waals surface area contributed by atoms with Crippen molar-refractivity contribution in [1.82, 2.24) is 5.32 Å². The number of rotatable bonds is 6. The van der Waals surface area contributed by atoms with Crippen molar-refractivity contribution >= 4 is 17.3 Å². The number of anilines is 1. The lowest BCUT2D eigenvalue weighted by Crippen LogP contribution is -2.24. The van der Waals surface area contributed by atoms with Crippen LogP contribution < -0.4 is 10.2 Å². The molecule has 0 bridgehead atoms. The molecule has 1 aromatic carbocycles. The molecule has 0 spiro atoms. The van der Waals surface area contributed by atoms with Gasteiger partial charge in [0.25, 0.3) is 0 Å². The van der Waals surface area contributed by atoms with Crippen LogP contribution in [0.4, 0.5) is 18.9 Å². The third-order valence-electron chi connectivity index (χ3n) is 3.37. The average Bonchev–Trinajstić information content (AvgIpc) is 3.17. The number of nitrogens with one attached hydrogen (secondary N) is 1. The molecule has 0 amide bonds. The molecular formula is C14H18ClF3N2. The second kappa shape index (κ2) is 6.22. The standard InChI is InChI=1S/C14H18ClF3N2/c1-20(7-6-14(16,17)18)12-5-2-10(13(15)8-12)9-19-11-3-4-11/h2,5,8,11,19H,3-4,6-7,9H2,1H3. The maximum atomic E-state index is 12.2.